The number of hydrogen-bond acceptors (Lipinski definition) is 5. The van der Waals surface area contributed by atoms with Crippen molar-refractivity contribution in [2.75, 3.05) is 26.7 Å². The van der Waals surface area contributed by atoms with Crippen LogP contribution in [0.4, 0.5) is 0 Å². The van der Waals surface area contributed by atoms with Crippen molar-refractivity contribution in [2.45, 2.75) is 46.1 Å². The Morgan fingerprint density at radius 3 is 2.60 bits per heavy atom. The van der Waals surface area contributed by atoms with E-state index in [1.165, 1.54) is 0 Å². The summed E-state index contributed by atoms with van der Waals surface area (Å²) < 4.78 is 10.6. The summed E-state index contributed by atoms with van der Waals surface area (Å²) >= 11 is 0. The van der Waals surface area contributed by atoms with E-state index in [0.717, 1.165) is 30.8 Å². The van der Waals surface area contributed by atoms with E-state index in [2.05, 4.69) is 39.9 Å². The zero-order chi connectivity index (χ0) is 21.8. The number of carbonyl (C=O) groups is 1. The first-order valence-electron chi connectivity index (χ1n) is 10.5. The second-order valence-electron chi connectivity index (χ2n) is 6.84. The highest BCUT2D eigenvalue weighted by molar-refractivity contribution is 5.94. The van der Waals surface area contributed by atoms with Gasteiger partial charge in [0.2, 0.25) is 0 Å². The van der Waals surface area contributed by atoms with Crippen molar-refractivity contribution < 1.29 is 14.1 Å². The van der Waals surface area contributed by atoms with E-state index >= 15 is 0 Å². The van der Waals surface area contributed by atoms with Gasteiger partial charge in [-0.25, -0.2) is 4.99 Å². The number of aromatic nitrogens is 1. The van der Waals surface area contributed by atoms with Gasteiger partial charge in [-0.2, -0.15) is 0 Å². The fraction of sp³-hybridized carbons (Fsp3) is 0.500. The van der Waals surface area contributed by atoms with Crippen LogP contribution in [-0.4, -0.2) is 43.8 Å². The van der Waals surface area contributed by atoms with Crippen molar-refractivity contribution in [3.8, 4) is 5.75 Å². The summed E-state index contributed by atoms with van der Waals surface area (Å²) in [6, 6.07) is 9.05. The summed E-state index contributed by atoms with van der Waals surface area (Å²) in [5.74, 6) is 2.33. The summed E-state index contributed by atoms with van der Waals surface area (Å²) in [5.41, 5.74) is 1.55. The Labute approximate surface area is 178 Å². The molecular weight excluding hydrogens is 382 g/mol. The molecule has 3 N–H and O–H groups in total. The number of carbonyl (C=O) groups excluding carboxylic acids is 1. The summed E-state index contributed by atoms with van der Waals surface area (Å²) in [6.07, 6.45) is 2.08. The molecule has 1 aromatic carbocycles. The van der Waals surface area contributed by atoms with Gasteiger partial charge in [0.05, 0.1) is 12.8 Å². The fourth-order valence-electron chi connectivity index (χ4n) is 3.02. The minimum atomic E-state index is -0.145. The van der Waals surface area contributed by atoms with E-state index in [9.17, 15) is 4.79 Å². The van der Waals surface area contributed by atoms with E-state index in [0.29, 0.717) is 42.8 Å². The normalized spacial score (nSPS) is 11.4. The molecule has 0 saturated heterocycles. The lowest BCUT2D eigenvalue weighted by Gasteiger charge is -2.11. The molecule has 0 atom stereocenters. The van der Waals surface area contributed by atoms with Gasteiger partial charge in [0.25, 0.3) is 5.91 Å². The van der Waals surface area contributed by atoms with Gasteiger partial charge in [-0.15, -0.1) is 0 Å². The molecule has 0 radical (unpaired) electrons. The van der Waals surface area contributed by atoms with Gasteiger partial charge in [0.15, 0.2) is 11.7 Å². The number of benzene rings is 1. The van der Waals surface area contributed by atoms with Crippen molar-refractivity contribution in [1.82, 2.24) is 21.1 Å². The third kappa shape index (κ3) is 7.09. The Kier molecular flexibility index (Phi) is 9.70. The molecule has 0 unspecified atom stereocenters. The quantitative estimate of drug-likeness (QED) is 0.296. The molecule has 1 amide bonds. The van der Waals surface area contributed by atoms with Crippen LogP contribution in [0, 0.1) is 0 Å². The predicted molar refractivity (Wildman–Crippen MR) is 118 cm³/mol. The lowest BCUT2D eigenvalue weighted by atomic mass is 9.99. The molecule has 1 aromatic heterocycles. The van der Waals surface area contributed by atoms with Crippen LogP contribution in [-0.2, 0) is 6.54 Å². The fourth-order valence-corrected chi connectivity index (χ4v) is 3.02. The Balaban J connectivity index is 1.83. The standard InChI is InChI=1S/C22H33N5O3/c1-5-16(6-2)20-14-19(30-27-20)15-26-22(23-7-3)25-12-11-24-21(28)17-9-8-10-18(13-17)29-4/h8-10,13-14,16H,5-7,11-12,15H2,1-4H3,(H,24,28)(H2,23,25,26). The highest BCUT2D eigenvalue weighted by atomic mass is 16.5. The molecule has 8 nitrogen and oxygen atoms in total. The highest BCUT2D eigenvalue weighted by Crippen LogP contribution is 2.22. The SMILES string of the molecule is CCNC(=NCc1cc(C(CC)CC)no1)NCCNC(=O)c1cccc(OC)c1. The highest BCUT2D eigenvalue weighted by Gasteiger charge is 2.13. The van der Waals surface area contributed by atoms with Crippen LogP contribution in [0.3, 0.4) is 0 Å². The molecule has 164 valence electrons. The van der Waals surface area contributed by atoms with Gasteiger partial charge in [0, 0.05) is 37.2 Å². The number of rotatable bonds is 11. The minimum absolute atomic E-state index is 0.145. The van der Waals surface area contributed by atoms with Crippen LogP contribution < -0.4 is 20.7 Å². The maximum absolute atomic E-state index is 12.2. The van der Waals surface area contributed by atoms with Crippen molar-refractivity contribution >= 4 is 11.9 Å². The van der Waals surface area contributed by atoms with Crippen LogP contribution in [0.25, 0.3) is 0 Å². The predicted octanol–water partition coefficient (Wildman–Crippen LogP) is 3.07. The smallest absolute Gasteiger partial charge is 0.251 e. The monoisotopic (exact) mass is 415 g/mol. The first-order valence-corrected chi connectivity index (χ1v) is 10.5. The van der Waals surface area contributed by atoms with Crippen LogP contribution in [0.15, 0.2) is 39.8 Å². The summed E-state index contributed by atoms with van der Waals surface area (Å²) in [6.45, 7) is 8.44. The molecular formula is C22H33N5O3. The topological polar surface area (TPSA) is 101 Å². The van der Waals surface area contributed by atoms with E-state index in [-0.39, 0.29) is 5.91 Å². The van der Waals surface area contributed by atoms with Crippen LogP contribution >= 0.6 is 0 Å². The van der Waals surface area contributed by atoms with Crippen molar-refractivity contribution in [3.63, 3.8) is 0 Å². The molecule has 30 heavy (non-hydrogen) atoms. The number of aliphatic imine (C=N–C) groups is 1. The zero-order valence-corrected chi connectivity index (χ0v) is 18.3. The van der Waals surface area contributed by atoms with Crippen molar-refractivity contribution in [3.05, 3.63) is 47.3 Å². The number of hydrogen-bond donors (Lipinski definition) is 3. The van der Waals surface area contributed by atoms with Crippen molar-refractivity contribution in [2.24, 2.45) is 4.99 Å². The van der Waals surface area contributed by atoms with Gasteiger partial charge in [-0.05, 0) is 38.0 Å². The van der Waals surface area contributed by atoms with Gasteiger partial charge < -0.3 is 25.2 Å². The Hall–Kier alpha value is -3.03. The van der Waals surface area contributed by atoms with Gasteiger partial charge in [-0.3, -0.25) is 4.79 Å². The van der Waals surface area contributed by atoms with E-state index in [4.69, 9.17) is 9.26 Å². The average molecular weight is 416 g/mol. The Morgan fingerprint density at radius 1 is 1.13 bits per heavy atom. The van der Waals surface area contributed by atoms with Crippen LogP contribution in [0.5, 0.6) is 5.75 Å². The zero-order valence-electron chi connectivity index (χ0n) is 18.3. The lowest BCUT2D eigenvalue weighted by Crippen LogP contribution is -2.41. The van der Waals surface area contributed by atoms with Gasteiger partial charge >= 0.3 is 0 Å². The number of nitrogens with zero attached hydrogens (tertiary/aromatic N) is 2. The molecule has 0 bridgehead atoms. The molecule has 8 heteroatoms. The van der Waals surface area contributed by atoms with E-state index in [1.54, 1.807) is 31.4 Å². The van der Waals surface area contributed by atoms with E-state index < -0.39 is 0 Å². The van der Waals surface area contributed by atoms with Crippen LogP contribution in [0.1, 0.15) is 61.3 Å². The van der Waals surface area contributed by atoms with Gasteiger partial charge in [-0.1, -0.05) is 25.1 Å². The summed E-state index contributed by atoms with van der Waals surface area (Å²) in [5, 5.41) is 13.5. The Morgan fingerprint density at radius 2 is 1.90 bits per heavy atom. The Bertz CT molecular complexity index is 815. The molecule has 2 rings (SSSR count). The average Bonchev–Trinajstić information content (AvgIpc) is 3.24. The molecule has 0 aliphatic carbocycles. The maximum atomic E-state index is 12.2. The summed E-state index contributed by atoms with van der Waals surface area (Å²) in [7, 11) is 1.58. The van der Waals surface area contributed by atoms with Crippen molar-refractivity contribution in [1.29, 1.82) is 0 Å². The number of ether oxygens (including phenoxy) is 1. The lowest BCUT2D eigenvalue weighted by molar-refractivity contribution is 0.0954. The second-order valence-corrected chi connectivity index (χ2v) is 6.84. The molecule has 0 aliphatic heterocycles. The van der Waals surface area contributed by atoms with E-state index in [1.807, 2.05) is 13.0 Å². The summed E-state index contributed by atoms with van der Waals surface area (Å²) in [4.78, 5) is 16.8. The number of amides is 1. The van der Waals surface area contributed by atoms with Gasteiger partial charge in [0.1, 0.15) is 12.3 Å². The largest absolute Gasteiger partial charge is 0.497 e. The number of guanidine groups is 1. The minimum Gasteiger partial charge on any atom is -0.497 e. The first kappa shape index (κ1) is 23.3. The number of nitrogens with one attached hydrogen (secondary N) is 3. The maximum Gasteiger partial charge on any atom is 0.251 e. The second kappa shape index (κ2) is 12.5. The third-order valence-corrected chi connectivity index (χ3v) is 4.75. The molecule has 2 aromatic rings. The molecule has 0 saturated carbocycles. The number of methoxy groups -OCH3 is 1. The molecule has 0 aliphatic rings. The molecule has 0 fully saturated rings. The molecule has 1 heterocycles. The molecule has 0 spiro atoms. The first-order chi connectivity index (χ1) is 14.6. The third-order valence-electron chi connectivity index (χ3n) is 4.75. The van der Waals surface area contributed by atoms with Crippen LogP contribution in [0.2, 0.25) is 0 Å².